The van der Waals surface area contributed by atoms with Crippen molar-refractivity contribution in [2.75, 3.05) is 6.54 Å². The van der Waals surface area contributed by atoms with Gasteiger partial charge in [0.05, 0.1) is 16.8 Å². The quantitative estimate of drug-likeness (QED) is 0.861. The van der Waals surface area contributed by atoms with E-state index >= 15 is 0 Å². The SMILES string of the molecule is CCNC(c1nc(C(C)(C)C)cs1)c1cccc(Cl)c1F. The molecule has 2 aromatic rings. The van der Waals surface area contributed by atoms with Crippen LogP contribution >= 0.6 is 22.9 Å². The molecule has 1 unspecified atom stereocenters. The molecule has 1 aromatic carbocycles. The number of halogens is 2. The molecule has 1 heterocycles. The zero-order chi connectivity index (χ0) is 15.6. The van der Waals surface area contributed by atoms with Crippen LogP contribution in [0.4, 0.5) is 4.39 Å². The van der Waals surface area contributed by atoms with Crippen molar-refractivity contribution < 1.29 is 4.39 Å². The maximum atomic E-state index is 14.3. The van der Waals surface area contributed by atoms with Crippen molar-refractivity contribution in [2.24, 2.45) is 0 Å². The fourth-order valence-corrected chi connectivity index (χ4v) is 3.36. The predicted molar refractivity (Wildman–Crippen MR) is 87.7 cm³/mol. The molecule has 0 aliphatic carbocycles. The summed E-state index contributed by atoms with van der Waals surface area (Å²) in [5.74, 6) is -0.377. The Kier molecular flexibility index (Phi) is 5.02. The van der Waals surface area contributed by atoms with Crippen LogP contribution in [0.1, 0.15) is 50.0 Å². The largest absolute Gasteiger partial charge is 0.304 e. The van der Waals surface area contributed by atoms with Crippen LogP contribution in [0.25, 0.3) is 0 Å². The normalized spacial score (nSPS) is 13.4. The number of nitrogens with zero attached hydrogens (tertiary/aromatic N) is 1. The molecule has 0 saturated heterocycles. The van der Waals surface area contributed by atoms with Gasteiger partial charge in [-0.25, -0.2) is 9.37 Å². The van der Waals surface area contributed by atoms with E-state index in [0.717, 1.165) is 17.2 Å². The topological polar surface area (TPSA) is 24.9 Å². The average Bonchev–Trinajstić information content (AvgIpc) is 2.89. The summed E-state index contributed by atoms with van der Waals surface area (Å²) >= 11 is 7.45. The Hall–Kier alpha value is -0.970. The predicted octanol–water partition coefficient (Wildman–Crippen LogP) is 4.93. The smallest absolute Gasteiger partial charge is 0.146 e. The van der Waals surface area contributed by atoms with E-state index in [0.29, 0.717) is 5.56 Å². The van der Waals surface area contributed by atoms with Crippen LogP contribution in [0, 0.1) is 5.82 Å². The molecule has 21 heavy (non-hydrogen) atoms. The summed E-state index contributed by atoms with van der Waals surface area (Å²) in [6.45, 7) is 9.07. The molecule has 0 bridgehead atoms. The first-order valence-electron chi connectivity index (χ1n) is 6.97. The molecule has 0 aliphatic rings. The second-order valence-electron chi connectivity index (χ2n) is 5.95. The van der Waals surface area contributed by atoms with E-state index in [1.165, 1.54) is 0 Å². The van der Waals surface area contributed by atoms with Crippen molar-refractivity contribution in [3.8, 4) is 0 Å². The van der Waals surface area contributed by atoms with Crippen molar-refractivity contribution in [1.29, 1.82) is 0 Å². The Morgan fingerprint density at radius 1 is 1.38 bits per heavy atom. The van der Waals surface area contributed by atoms with Crippen LogP contribution < -0.4 is 5.32 Å². The molecule has 0 spiro atoms. The molecule has 0 radical (unpaired) electrons. The molecule has 2 nitrogen and oxygen atoms in total. The van der Waals surface area contributed by atoms with Gasteiger partial charge in [-0.15, -0.1) is 11.3 Å². The molecule has 2 rings (SSSR count). The van der Waals surface area contributed by atoms with Gasteiger partial charge in [-0.1, -0.05) is 51.4 Å². The Morgan fingerprint density at radius 3 is 2.67 bits per heavy atom. The Balaban J connectivity index is 2.44. The van der Waals surface area contributed by atoms with Crippen molar-refractivity contribution in [3.63, 3.8) is 0 Å². The molecule has 0 amide bonds. The van der Waals surface area contributed by atoms with E-state index in [-0.39, 0.29) is 22.3 Å². The van der Waals surface area contributed by atoms with Crippen LogP contribution in [0.15, 0.2) is 23.6 Å². The van der Waals surface area contributed by atoms with Crippen molar-refractivity contribution >= 4 is 22.9 Å². The van der Waals surface area contributed by atoms with Gasteiger partial charge in [0.15, 0.2) is 0 Å². The fourth-order valence-electron chi connectivity index (χ4n) is 2.04. The summed E-state index contributed by atoms with van der Waals surface area (Å²) in [6.07, 6.45) is 0. The first-order valence-corrected chi connectivity index (χ1v) is 8.23. The standard InChI is InChI=1S/C16H20ClFN2S/c1-5-19-14(10-7-6-8-11(17)13(10)18)15-20-12(9-21-15)16(2,3)4/h6-9,14,19H,5H2,1-4H3. The van der Waals surface area contributed by atoms with Crippen LogP contribution in [0.2, 0.25) is 5.02 Å². The maximum absolute atomic E-state index is 14.3. The van der Waals surface area contributed by atoms with E-state index in [4.69, 9.17) is 16.6 Å². The summed E-state index contributed by atoms with van der Waals surface area (Å²) in [5.41, 5.74) is 1.55. The Labute approximate surface area is 134 Å². The van der Waals surface area contributed by atoms with Crippen LogP contribution in [-0.4, -0.2) is 11.5 Å². The second-order valence-corrected chi connectivity index (χ2v) is 7.25. The van der Waals surface area contributed by atoms with E-state index in [1.807, 2.05) is 12.3 Å². The number of rotatable bonds is 4. The van der Waals surface area contributed by atoms with Gasteiger partial charge in [0, 0.05) is 16.4 Å². The molecular formula is C16H20ClFN2S. The molecular weight excluding hydrogens is 307 g/mol. The number of nitrogens with one attached hydrogen (secondary N) is 1. The maximum Gasteiger partial charge on any atom is 0.146 e. The summed E-state index contributed by atoms with van der Waals surface area (Å²) in [6, 6.07) is 4.82. The van der Waals surface area contributed by atoms with E-state index in [9.17, 15) is 4.39 Å². The van der Waals surface area contributed by atoms with E-state index in [1.54, 1.807) is 29.5 Å². The lowest BCUT2D eigenvalue weighted by molar-refractivity contribution is 0.545. The molecule has 1 aromatic heterocycles. The van der Waals surface area contributed by atoms with Gasteiger partial charge in [0.25, 0.3) is 0 Å². The van der Waals surface area contributed by atoms with Crippen LogP contribution in [0.3, 0.4) is 0 Å². The summed E-state index contributed by atoms with van der Waals surface area (Å²) in [7, 11) is 0. The third-order valence-corrected chi connectivity index (χ3v) is 4.44. The highest BCUT2D eigenvalue weighted by Crippen LogP contribution is 2.32. The summed E-state index contributed by atoms with van der Waals surface area (Å²) in [5, 5.41) is 6.35. The molecule has 1 atom stereocenters. The lowest BCUT2D eigenvalue weighted by atomic mass is 9.93. The van der Waals surface area contributed by atoms with Crippen molar-refractivity contribution in [1.82, 2.24) is 10.3 Å². The monoisotopic (exact) mass is 326 g/mol. The minimum absolute atomic E-state index is 0.0155. The summed E-state index contributed by atoms with van der Waals surface area (Å²) in [4.78, 5) is 4.69. The zero-order valence-corrected chi connectivity index (χ0v) is 14.3. The highest BCUT2D eigenvalue weighted by atomic mass is 35.5. The molecule has 5 heteroatoms. The lowest BCUT2D eigenvalue weighted by Gasteiger charge is -2.18. The van der Waals surface area contributed by atoms with Crippen molar-refractivity contribution in [2.45, 2.75) is 39.2 Å². The van der Waals surface area contributed by atoms with Gasteiger partial charge >= 0.3 is 0 Å². The third kappa shape index (κ3) is 3.62. The van der Waals surface area contributed by atoms with Gasteiger partial charge in [0.2, 0.25) is 0 Å². The number of benzene rings is 1. The summed E-state index contributed by atoms with van der Waals surface area (Å²) < 4.78 is 14.3. The lowest BCUT2D eigenvalue weighted by Crippen LogP contribution is -2.23. The third-order valence-electron chi connectivity index (χ3n) is 3.24. The van der Waals surface area contributed by atoms with Gasteiger partial charge in [-0.2, -0.15) is 0 Å². The highest BCUT2D eigenvalue weighted by molar-refractivity contribution is 7.09. The first-order chi connectivity index (χ1) is 9.84. The number of hydrogen-bond acceptors (Lipinski definition) is 3. The molecule has 0 aliphatic heterocycles. The van der Waals surface area contributed by atoms with Gasteiger partial charge in [-0.05, 0) is 12.6 Å². The average molecular weight is 327 g/mol. The van der Waals surface area contributed by atoms with Crippen LogP contribution in [0.5, 0.6) is 0 Å². The van der Waals surface area contributed by atoms with Gasteiger partial charge in [-0.3, -0.25) is 0 Å². The molecule has 1 N–H and O–H groups in total. The van der Waals surface area contributed by atoms with Gasteiger partial charge < -0.3 is 5.32 Å². The first kappa shape index (κ1) is 16.4. The fraction of sp³-hybridized carbons (Fsp3) is 0.438. The molecule has 0 saturated carbocycles. The minimum Gasteiger partial charge on any atom is -0.304 e. The number of thiazole rings is 1. The van der Waals surface area contributed by atoms with Gasteiger partial charge in [0.1, 0.15) is 10.8 Å². The molecule has 114 valence electrons. The number of hydrogen-bond donors (Lipinski definition) is 1. The number of aromatic nitrogens is 1. The zero-order valence-electron chi connectivity index (χ0n) is 12.7. The van der Waals surface area contributed by atoms with E-state index in [2.05, 4.69) is 26.1 Å². The van der Waals surface area contributed by atoms with E-state index < -0.39 is 0 Å². The molecule has 0 fully saturated rings. The van der Waals surface area contributed by atoms with Crippen molar-refractivity contribution in [3.05, 3.63) is 50.7 Å². The Morgan fingerprint density at radius 2 is 2.10 bits per heavy atom. The second kappa shape index (κ2) is 6.42. The minimum atomic E-state index is -0.377. The highest BCUT2D eigenvalue weighted by Gasteiger charge is 2.24. The Bertz CT molecular complexity index is 619. The van der Waals surface area contributed by atoms with Crippen LogP contribution in [-0.2, 0) is 5.41 Å².